The molecule has 2 aliphatic heterocycles. The van der Waals surface area contributed by atoms with Crippen molar-refractivity contribution in [3.63, 3.8) is 0 Å². The molecule has 2 saturated heterocycles. The van der Waals surface area contributed by atoms with E-state index in [2.05, 4.69) is 43.3 Å². The Morgan fingerprint density at radius 3 is 2.45 bits per heavy atom. The molecule has 0 aliphatic carbocycles. The Morgan fingerprint density at radius 1 is 1.00 bits per heavy atom. The number of nitrogens with one attached hydrogen (secondary N) is 1. The molecule has 10 heteroatoms. The molecular formula is C28H32N6O3S. The van der Waals surface area contributed by atoms with Gasteiger partial charge < -0.3 is 23.9 Å². The fourth-order valence-electron chi connectivity index (χ4n) is 5.03. The first-order valence-electron chi connectivity index (χ1n) is 12.8. The monoisotopic (exact) mass is 532 g/mol. The van der Waals surface area contributed by atoms with Crippen molar-refractivity contribution in [2.45, 2.75) is 18.9 Å². The van der Waals surface area contributed by atoms with Gasteiger partial charge in [-0.3, -0.25) is 4.90 Å². The van der Waals surface area contributed by atoms with Crippen molar-refractivity contribution >= 4 is 29.4 Å². The highest BCUT2D eigenvalue weighted by molar-refractivity contribution is 7.94. The number of rotatable bonds is 8. The quantitative estimate of drug-likeness (QED) is 0.410. The van der Waals surface area contributed by atoms with Crippen LogP contribution in [0, 0.1) is 11.3 Å². The number of methoxy groups -OCH3 is 1. The van der Waals surface area contributed by atoms with Crippen molar-refractivity contribution in [2.24, 2.45) is 0 Å². The second-order valence-corrected chi connectivity index (χ2v) is 9.74. The fourth-order valence-corrected chi connectivity index (χ4v) is 5.34. The maximum absolute atomic E-state index is 9.29. The molecule has 198 valence electrons. The summed E-state index contributed by atoms with van der Waals surface area (Å²) < 4.78 is 16.7. The van der Waals surface area contributed by atoms with Crippen LogP contribution >= 0.6 is 12.0 Å². The van der Waals surface area contributed by atoms with E-state index in [0.717, 1.165) is 80.5 Å². The summed E-state index contributed by atoms with van der Waals surface area (Å²) in [5.41, 5.74) is 4.15. The first-order chi connectivity index (χ1) is 18.7. The van der Waals surface area contributed by atoms with Gasteiger partial charge in [-0.15, -0.1) is 0 Å². The normalized spacial score (nSPS) is 16.6. The lowest BCUT2D eigenvalue weighted by Crippen LogP contribution is -2.49. The number of anilines is 3. The van der Waals surface area contributed by atoms with Crippen LogP contribution in [0.2, 0.25) is 0 Å². The number of aromatic nitrogens is 2. The van der Waals surface area contributed by atoms with Crippen molar-refractivity contribution in [2.75, 3.05) is 63.0 Å². The van der Waals surface area contributed by atoms with Gasteiger partial charge in [-0.1, -0.05) is 6.07 Å². The SMILES string of the molecule is COc1cc(N2CCC(N3CCOCC3)CC2)ccc1Nc1ncc(-c2ccc(C#N)c(OSC)c2)cn1. The van der Waals surface area contributed by atoms with Crippen molar-refractivity contribution in [3.05, 3.63) is 54.4 Å². The average molecular weight is 533 g/mol. The molecule has 2 aromatic carbocycles. The Hall–Kier alpha value is -3.52. The fraction of sp³-hybridized carbons (Fsp3) is 0.393. The van der Waals surface area contributed by atoms with Gasteiger partial charge in [0.15, 0.2) is 5.75 Å². The molecule has 38 heavy (non-hydrogen) atoms. The molecule has 0 amide bonds. The molecule has 0 bridgehead atoms. The maximum atomic E-state index is 9.29. The van der Waals surface area contributed by atoms with Crippen LogP contribution in [-0.4, -0.2) is 73.7 Å². The zero-order chi connectivity index (χ0) is 26.3. The van der Waals surface area contributed by atoms with E-state index in [-0.39, 0.29) is 0 Å². The van der Waals surface area contributed by atoms with Crippen LogP contribution in [0.25, 0.3) is 11.1 Å². The zero-order valence-corrected chi connectivity index (χ0v) is 22.5. The lowest BCUT2D eigenvalue weighted by atomic mass is 10.0. The van der Waals surface area contributed by atoms with Crippen molar-refractivity contribution < 1.29 is 13.7 Å². The number of piperidine rings is 1. The number of benzene rings is 2. The summed E-state index contributed by atoms with van der Waals surface area (Å²) in [7, 11) is 1.68. The van der Waals surface area contributed by atoms with Crippen LogP contribution in [0.1, 0.15) is 18.4 Å². The molecule has 0 saturated carbocycles. The molecule has 0 unspecified atom stereocenters. The van der Waals surface area contributed by atoms with E-state index in [1.807, 2.05) is 24.5 Å². The van der Waals surface area contributed by atoms with E-state index in [1.54, 1.807) is 25.6 Å². The molecule has 0 radical (unpaired) electrons. The zero-order valence-electron chi connectivity index (χ0n) is 21.7. The van der Waals surface area contributed by atoms with Gasteiger partial charge in [-0.2, -0.15) is 5.26 Å². The average Bonchev–Trinajstić information content (AvgIpc) is 2.98. The van der Waals surface area contributed by atoms with Crippen LogP contribution < -0.4 is 19.1 Å². The summed E-state index contributed by atoms with van der Waals surface area (Å²) >= 11 is 1.20. The predicted molar refractivity (Wildman–Crippen MR) is 150 cm³/mol. The van der Waals surface area contributed by atoms with Gasteiger partial charge in [0.1, 0.15) is 11.8 Å². The van der Waals surface area contributed by atoms with Crippen LogP contribution in [0.5, 0.6) is 11.5 Å². The Kier molecular flexibility index (Phi) is 8.48. The van der Waals surface area contributed by atoms with E-state index in [9.17, 15) is 5.26 Å². The van der Waals surface area contributed by atoms with E-state index in [1.165, 1.54) is 12.0 Å². The molecule has 5 rings (SSSR count). The third-order valence-corrected chi connectivity index (χ3v) is 7.43. The smallest absolute Gasteiger partial charge is 0.227 e. The molecular weight excluding hydrogens is 500 g/mol. The van der Waals surface area contributed by atoms with E-state index < -0.39 is 0 Å². The van der Waals surface area contributed by atoms with Crippen LogP contribution in [0.3, 0.4) is 0 Å². The topological polar surface area (TPSA) is 95.8 Å². The Morgan fingerprint density at radius 2 is 1.76 bits per heavy atom. The highest BCUT2D eigenvalue weighted by Crippen LogP contribution is 2.33. The van der Waals surface area contributed by atoms with Gasteiger partial charge in [0, 0.05) is 68.2 Å². The van der Waals surface area contributed by atoms with Gasteiger partial charge >= 0.3 is 0 Å². The Bertz CT molecular complexity index is 1270. The number of ether oxygens (including phenoxy) is 2. The molecule has 2 fully saturated rings. The molecule has 1 N–H and O–H groups in total. The molecule has 3 aromatic rings. The summed E-state index contributed by atoms with van der Waals surface area (Å²) in [6.45, 7) is 5.85. The summed E-state index contributed by atoms with van der Waals surface area (Å²) in [6, 6.07) is 14.4. The summed E-state index contributed by atoms with van der Waals surface area (Å²) in [5.74, 6) is 1.74. The molecule has 9 nitrogen and oxygen atoms in total. The lowest BCUT2D eigenvalue weighted by Gasteiger charge is -2.40. The van der Waals surface area contributed by atoms with Crippen molar-refractivity contribution in [1.29, 1.82) is 5.26 Å². The first kappa shape index (κ1) is 26.1. The van der Waals surface area contributed by atoms with Crippen LogP contribution in [-0.2, 0) is 4.74 Å². The molecule has 0 spiro atoms. The minimum atomic E-state index is 0.473. The Labute approximate surface area is 227 Å². The maximum Gasteiger partial charge on any atom is 0.227 e. The van der Waals surface area contributed by atoms with E-state index in [4.69, 9.17) is 13.7 Å². The highest BCUT2D eigenvalue weighted by atomic mass is 32.2. The molecule has 3 heterocycles. The second-order valence-electron chi connectivity index (χ2n) is 9.24. The third kappa shape index (κ3) is 5.96. The van der Waals surface area contributed by atoms with Crippen molar-refractivity contribution in [3.8, 4) is 28.7 Å². The number of hydrogen-bond donors (Lipinski definition) is 1. The third-order valence-electron chi connectivity index (χ3n) is 7.08. The minimum Gasteiger partial charge on any atom is -0.494 e. The number of hydrogen-bond acceptors (Lipinski definition) is 10. The highest BCUT2D eigenvalue weighted by Gasteiger charge is 2.26. The van der Waals surface area contributed by atoms with Gasteiger partial charge in [0.05, 0.1) is 43.6 Å². The van der Waals surface area contributed by atoms with Gasteiger partial charge in [0.2, 0.25) is 5.95 Å². The largest absolute Gasteiger partial charge is 0.494 e. The summed E-state index contributed by atoms with van der Waals surface area (Å²) in [5, 5.41) is 12.6. The first-order valence-corrected chi connectivity index (χ1v) is 13.9. The Balaban J connectivity index is 1.24. The van der Waals surface area contributed by atoms with E-state index in [0.29, 0.717) is 23.3 Å². The van der Waals surface area contributed by atoms with Crippen molar-refractivity contribution in [1.82, 2.24) is 14.9 Å². The molecule has 1 aromatic heterocycles. The lowest BCUT2D eigenvalue weighted by molar-refractivity contribution is 0.0115. The van der Waals surface area contributed by atoms with E-state index >= 15 is 0 Å². The number of morpholine rings is 1. The van der Waals surface area contributed by atoms with Crippen LogP contribution in [0.15, 0.2) is 48.8 Å². The van der Waals surface area contributed by atoms with Gasteiger partial charge in [-0.05, 0) is 42.7 Å². The number of nitriles is 1. The predicted octanol–water partition coefficient (Wildman–Crippen LogP) is 4.73. The minimum absolute atomic E-state index is 0.473. The number of nitrogens with zero attached hydrogens (tertiary/aromatic N) is 5. The standard InChI is InChI=1S/C28H32N6O3S/c1-35-27-16-24(33-9-7-23(8-10-33)34-11-13-36-14-12-34)5-6-25(27)32-28-30-18-22(19-31-28)20-3-4-21(17-29)26(15-20)37-38-2/h3-6,15-16,18-19,23H,7-14H2,1-2H3,(H,30,31,32). The van der Waals surface area contributed by atoms with Crippen LogP contribution in [0.4, 0.5) is 17.3 Å². The van der Waals surface area contributed by atoms with Gasteiger partial charge in [0.25, 0.3) is 0 Å². The second kappa shape index (κ2) is 12.3. The molecule has 2 aliphatic rings. The summed E-state index contributed by atoms with van der Waals surface area (Å²) in [6.07, 6.45) is 7.63. The van der Waals surface area contributed by atoms with Gasteiger partial charge in [-0.25, -0.2) is 9.97 Å². The molecule has 0 atom stereocenters. The summed E-state index contributed by atoms with van der Waals surface area (Å²) in [4.78, 5) is 14.0.